The van der Waals surface area contributed by atoms with Crippen molar-refractivity contribution in [3.8, 4) is 5.75 Å². The van der Waals surface area contributed by atoms with E-state index in [0.717, 1.165) is 11.4 Å². The third kappa shape index (κ3) is 3.58. The zero-order valence-corrected chi connectivity index (χ0v) is 12.6. The molecule has 0 bridgehead atoms. The standard InChI is InChI=1S/C17H22N2O/c1-12-5-10-17(18-11-12)14(3)19-13(2)15-6-8-16(20-4)9-7-15/h5-11,13-14,19H,1-4H3/t13-,14-/m0/s1. The summed E-state index contributed by atoms with van der Waals surface area (Å²) >= 11 is 0. The molecule has 0 aliphatic rings. The number of rotatable bonds is 5. The van der Waals surface area contributed by atoms with Gasteiger partial charge in [0.2, 0.25) is 0 Å². The first-order valence-electron chi connectivity index (χ1n) is 6.92. The predicted octanol–water partition coefficient (Wildman–Crippen LogP) is 3.81. The zero-order chi connectivity index (χ0) is 14.5. The fraction of sp³-hybridized carbons (Fsp3) is 0.353. The van der Waals surface area contributed by atoms with Crippen molar-refractivity contribution in [3.05, 3.63) is 59.4 Å². The Balaban J connectivity index is 2.02. The second-order valence-electron chi connectivity index (χ2n) is 5.14. The monoisotopic (exact) mass is 270 g/mol. The second kappa shape index (κ2) is 6.53. The van der Waals surface area contributed by atoms with Gasteiger partial charge in [0.05, 0.1) is 12.8 Å². The molecule has 0 aliphatic heterocycles. The van der Waals surface area contributed by atoms with Crippen molar-refractivity contribution >= 4 is 0 Å². The Morgan fingerprint density at radius 3 is 2.25 bits per heavy atom. The number of ether oxygens (including phenoxy) is 1. The van der Waals surface area contributed by atoms with Crippen LogP contribution in [0.3, 0.4) is 0 Å². The van der Waals surface area contributed by atoms with Gasteiger partial charge in [-0.3, -0.25) is 4.98 Å². The van der Waals surface area contributed by atoms with E-state index in [-0.39, 0.29) is 12.1 Å². The Bertz CT molecular complexity index is 534. The highest BCUT2D eigenvalue weighted by Gasteiger charge is 2.12. The lowest BCUT2D eigenvalue weighted by Gasteiger charge is -2.20. The van der Waals surface area contributed by atoms with Gasteiger partial charge in [0.15, 0.2) is 0 Å². The lowest BCUT2D eigenvalue weighted by molar-refractivity contribution is 0.414. The van der Waals surface area contributed by atoms with E-state index >= 15 is 0 Å². The molecule has 106 valence electrons. The maximum Gasteiger partial charge on any atom is 0.118 e. The molecule has 0 saturated carbocycles. The van der Waals surface area contributed by atoms with Crippen molar-refractivity contribution < 1.29 is 4.74 Å². The minimum atomic E-state index is 0.215. The maximum atomic E-state index is 5.18. The van der Waals surface area contributed by atoms with Gasteiger partial charge in [-0.05, 0) is 50.1 Å². The molecule has 2 atom stereocenters. The van der Waals surface area contributed by atoms with Gasteiger partial charge in [0, 0.05) is 18.3 Å². The molecule has 1 aromatic heterocycles. The molecule has 1 heterocycles. The first kappa shape index (κ1) is 14.5. The van der Waals surface area contributed by atoms with Crippen LogP contribution in [0, 0.1) is 6.92 Å². The molecule has 0 fully saturated rings. The largest absolute Gasteiger partial charge is 0.497 e. The van der Waals surface area contributed by atoms with E-state index in [1.165, 1.54) is 11.1 Å². The summed E-state index contributed by atoms with van der Waals surface area (Å²) in [5.74, 6) is 0.884. The minimum Gasteiger partial charge on any atom is -0.497 e. The van der Waals surface area contributed by atoms with Gasteiger partial charge in [0.1, 0.15) is 5.75 Å². The van der Waals surface area contributed by atoms with E-state index in [0.29, 0.717) is 0 Å². The van der Waals surface area contributed by atoms with Crippen LogP contribution in [0.25, 0.3) is 0 Å². The van der Waals surface area contributed by atoms with E-state index in [2.05, 4.69) is 55.3 Å². The number of hydrogen-bond donors (Lipinski definition) is 1. The summed E-state index contributed by atoms with van der Waals surface area (Å²) in [5, 5.41) is 3.57. The molecule has 20 heavy (non-hydrogen) atoms. The Labute approximate surface area is 121 Å². The van der Waals surface area contributed by atoms with Crippen molar-refractivity contribution in [2.24, 2.45) is 0 Å². The molecule has 2 aromatic rings. The Hall–Kier alpha value is -1.87. The number of nitrogens with one attached hydrogen (secondary N) is 1. The Kier molecular flexibility index (Phi) is 4.74. The molecule has 1 aromatic carbocycles. The van der Waals surface area contributed by atoms with Crippen LogP contribution in [0.4, 0.5) is 0 Å². The number of hydrogen-bond acceptors (Lipinski definition) is 3. The van der Waals surface area contributed by atoms with Gasteiger partial charge in [0.25, 0.3) is 0 Å². The van der Waals surface area contributed by atoms with E-state index in [9.17, 15) is 0 Å². The van der Waals surface area contributed by atoms with Gasteiger partial charge >= 0.3 is 0 Å². The number of aromatic nitrogens is 1. The normalized spacial score (nSPS) is 13.8. The summed E-state index contributed by atoms with van der Waals surface area (Å²) in [5.41, 5.74) is 3.49. The average Bonchev–Trinajstić information content (AvgIpc) is 2.48. The van der Waals surface area contributed by atoms with Gasteiger partial charge < -0.3 is 10.1 Å². The molecule has 0 saturated heterocycles. The molecule has 0 spiro atoms. The van der Waals surface area contributed by atoms with Gasteiger partial charge in [-0.15, -0.1) is 0 Å². The van der Waals surface area contributed by atoms with Crippen LogP contribution in [-0.2, 0) is 0 Å². The quantitative estimate of drug-likeness (QED) is 0.897. The first-order valence-corrected chi connectivity index (χ1v) is 6.92. The van der Waals surface area contributed by atoms with Crippen LogP contribution in [0.2, 0.25) is 0 Å². The van der Waals surface area contributed by atoms with Crippen molar-refractivity contribution in [2.45, 2.75) is 32.9 Å². The van der Waals surface area contributed by atoms with E-state index in [1.807, 2.05) is 18.3 Å². The lowest BCUT2D eigenvalue weighted by Crippen LogP contribution is -2.23. The average molecular weight is 270 g/mol. The first-order chi connectivity index (χ1) is 9.60. The van der Waals surface area contributed by atoms with Gasteiger partial charge in [-0.2, -0.15) is 0 Å². The maximum absolute atomic E-state index is 5.18. The molecule has 0 amide bonds. The van der Waals surface area contributed by atoms with Crippen LogP contribution in [0.5, 0.6) is 5.75 Å². The van der Waals surface area contributed by atoms with Crippen LogP contribution in [0.1, 0.15) is 42.8 Å². The highest BCUT2D eigenvalue weighted by molar-refractivity contribution is 5.29. The molecule has 0 unspecified atom stereocenters. The molecular weight excluding hydrogens is 248 g/mol. The number of benzene rings is 1. The van der Waals surface area contributed by atoms with Crippen molar-refractivity contribution in [1.29, 1.82) is 0 Å². The van der Waals surface area contributed by atoms with E-state index in [4.69, 9.17) is 4.74 Å². The third-order valence-electron chi connectivity index (χ3n) is 3.49. The molecular formula is C17H22N2O. The van der Waals surface area contributed by atoms with Crippen molar-refractivity contribution in [2.75, 3.05) is 7.11 Å². The lowest BCUT2D eigenvalue weighted by atomic mass is 10.1. The van der Waals surface area contributed by atoms with Crippen LogP contribution in [-0.4, -0.2) is 12.1 Å². The fourth-order valence-electron chi connectivity index (χ4n) is 2.18. The molecule has 2 rings (SSSR count). The predicted molar refractivity (Wildman–Crippen MR) is 81.9 cm³/mol. The Morgan fingerprint density at radius 1 is 1.00 bits per heavy atom. The summed E-state index contributed by atoms with van der Waals surface area (Å²) in [6.45, 7) is 6.35. The highest BCUT2D eigenvalue weighted by atomic mass is 16.5. The van der Waals surface area contributed by atoms with Crippen molar-refractivity contribution in [1.82, 2.24) is 10.3 Å². The minimum absolute atomic E-state index is 0.215. The summed E-state index contributed by atoms with van der Waals surface area (Å²) < 4.78 is 5.18. The van der Waals surface area contributed by atoms with Crippen molar-refractivity contribution in [3.63, 3.8) is 0 Å². The highest BCUT2D eigenvalue weighted by Crippen LogP contribution is 2.20. The molecule has 1 N–H and O–H groups in total. The van der Waals surface area contributed by atoms with Gasteiger partial charge in [-0.1, -0.05) is 18.2 Å². The van der Waals surface area contributed by atoms with Crippen LogP contribution >= 0.6 is 0 Å². The topological polar surface area (TPSA) is 34.1 Å². The van der Waals surface area contributed by atoms with Crippen LogP contribution < -0.4 is 10.1 Å². The van der Waals surface area contributed by atoms with E-state index in [1.54, 1.807) is 7.11 Å². The van der Waals surface area contributed by atoms with Gasteiger partial charge in [-0.25, -0.2) is 0 Å². The number of nitrogens with zero attached hydrogens (tertiary/aromatic N) is 1. The fourth-order valence-corrected chi connectivity index (χ4v) is 2.18. The zero-order valence-electron chi connectivity index (χ0n) is 12.6. The smallest absolute Gasteiger partial charge is 0.118 e. The number of aryl methyl sites for hydroxylation is 1. The summed E-state index contributed by atoms with van der Waals surface area (Å²) in [4.78, 5) is 4.47. The van der Waals surface area contributed by atoms with E-state index < -0.39 is 0 Å². The summed E-state index contributed by atoms with van der Waals surface area (Å²) in [6, 6.07) is 12.8. The third-order valence-corrected chi connectivity index (χ3v) is 3.49. The molecule has 0 aliphatic carbocycles. The molecule has 3 heteroatoms. The number of pyridine rings is 1. The number of methoxy groups -OCH3 is 1. The Morgan fingerprint density at radius 2 is 1.70 bits per heavy atom. The molecule has 3 nitrogen and oxygen atoms in total. The second-order valence-corrected chi connectivity index (χ2v) is 5.14. The SMILES string of the molecule is COc1ccc([C@H](C)N[C@@H](C)c2ccc(C)cn2)cc1. The summed E-state index contributed by atoms with van der Waals surface area (Å²) in [7, 11) is 1.68. The summed E-state index contributed by atoms with van der Waals surface area (Å²) in [6.07, 6.45) is 1.91. The van der Waals surface area contributed by atoms with Crippen LogP contribution in [0.15, 0.2) is 42.6 Å². The molecule has 0 radical (unpaired) electrons.